The van der Waals surface area contributed by atoms with Crippen LogP contribution in [0.3, 0.4) is 0 Å². The monoisotopic (exact) mass is 321 g/mol. The fourth-order valence-corrected chi connectivity index (χ4v) is 2.81. The molecule has 0 spiro atoms. The van der Waals surface area contributed by atoms with Crippen molar-refractivity contribution in [3.8, 4) is 0 Å². The minimum Gasteiger partial charge on any atom is -0.344 e. The summed E-state index contributed by atoms with van der Waals surface area (Å²) in [5.41, 5.74) is 0.518. The van der Waals surface area contributed by atoms with Crippen LogP contribution in [0.2, 0.25) is 0 Å². The van der Waals surface area contributed by atoms with Gasteiger partial charge < -0.3 is 10.2 Å². The van der Waals surface area contributed by atoms with Gasteiger partial charge in [-0.15, -0.1) is 0 Å². The average Bonchev–Trinajstić information content (AvgIpc) is 2.98. The molecule has 0 aromatic heterocycles. The predicted molar refractivity (Wildman–Crippen MR) is 87.7 cm³/mol. The van der Waals surface area contributed by atoms with Gasteiger partial charge in [0.1, 0.15) is 5.82 Å². The molecule has 23 heavy (non-hydrogen) atoms. The van der Waals surface area contributed by atoms with Crippen LogP contribution in [0.25, 0.3) is 0 Å². The fourth-order valence-electron chi connectivity index (χ4n) is 2.81. The molecule has 1 heterocycles. The lowest BCUT2D eigenvalue weighted by molar-refractivity contribution is -0.138. The third kappa shape index (κ3) is 4.28. The number of nitrogens with zero attached hydrogens (tertiary/aromatic N) is 2. The van der Waals surface area contributed by atoms with Crippen molar-refractivity contribution in [3.05, 3.63) is 30.1 Å². The van der Waals surface area contributed by atoms with Gasteiger partial charge in [0, 0.05) is 37.4 Å². The van der Waals surface area contributed by atoms with Crippen molar-refractivity contribution in [2.75, 3.05) is 24.5 Å². The Morgan fingerprint density at radius 1 is 1.35 bits per heavy atom. The Labute approximate surface area is 136 Å². The van der Waals surface area contributed by atoms with Gasteiger partial charge in [-0.2, -0.15) is 0 Å². The zero-order valence-electron chi connectivity index (χ0n) is 13.9. The summed E-state index contributed by atoms with van der Waals surface area (Å²) in [5, 5.41) is 2.81. The number of likely N-dealkylation sites (N-methyl/N-ethyl adjacent to an activating group) is 1. The number of anilines is 1. The number of hydrogen-bond acceptors (Lipinski definition) is 3. The Morgan fingerprint density at radius 2 is 2.00 bits per heavy atom. The predicted octanol–water partition coefficient (Wildman–Crippen LogP) is 1.78. The molecule has 1 N–H and O–H groups in total. The highest BCUT2D eigenvalue weighted by Gasteiger charge is 2.29. The molecule has 1 aliphatic rings. The first-order chi connectivity index (χ1) is 10.9. The first kappa shape index (κ1) is 17.4. The Kier molecular flexibility index (Phi) is 5.71. The number of carbonyl (C=O) groups excluding carboxylic acids is 2. The molecule has 1 aromatic carbocycles. The quantitative estimate of drug-likeness (QED) is 0.860. The van der Waals surface area contributed by atoms with Crippen molar-refractivity contribution in [2.45, 2.75) is 39.3 Å². The van der Waals surface area contributed by atoms with Gasteiger partial charge in [0.05, 0.1) is 0 Å². The van der Waals surface area contributed by atoms with Gasteiger partial charge in [-0.3, -0.25) is 14.5 Å². The van der Waals surface area contributed by atoms with Crippen LogP contribution in [-0.2, 0) is 9.59 Å². The lowest BCUT2D eigenvalue weighted by atomic mass is 10.2. The maximum absolute atomic E-state index is 13.0. The molecule has 5 nitrogen and oxygen atoms in total. The van der Waals surface area contributed by atoms with Gasteiger partial charge in [0.15, 0.2) is 0 Å². The van der Waals surface area contributed by atoms with Crippen molar-refractivity contribution in [1.29, 1.82) is 0 Å². The summed E-state index contributed by atoms with van der Waals surface area (Å²) in [7, 11) is 0. The van der Waals surface area contributed by atoms with Gasteiger partial charge in [-0.05, 0) is 51.5 Å². The van der Waals surface area contributed by atoms with Crippen LogP contribution in [0.15, 0.2) is 24.3 Å². The molecule has 0 saturated carbocycles. The van der Waals surface area contributed by atoms with Crippen LogP contribution >= 0.6 is 0 Å². The third-order valence-corrected chi connectivity index (χ3v) is 4.18. The highest BCUT2D eigenvalue weighted by atomic mass is 19.1. The number of hydrogen-bond donors (Lipinski definition) is 1. The second-order valence-corrected chi connectivity index (χ2v) is 6.07. The van der Waals surface area contributed by atoms with Crippen molar-refractivity contribution >= 4 is 17.5 Å². The molecule has 1 saturated heterocycles. The molecule has 1 fully saturated rings. The zero-order chi connectivity index (χ0) is 17.0. The van der Waals surface area contributed by atoms with Gasteiger partial charge in [0.2, 0.25) is 0 Å². The van der Waals surface area contributed by atoms with E-state index in [9.17, 15) is 14.0 Å². The SMILES string of the molecule is CCN(C(=O)C(=O)NC1CCN(C(C)C)C1)c1ccc(F)cc1. The Balaban J connectivity index is 1.98. The van der Waals surface area contributed by atoms with E-state index in [0.29, 0.717) is 18.3 Å². The number of nitrogens with one attached hydrogen (secondary N) is 1. The van der Waals surface area contributed by atoms with E-state index in [1.807, 2.05) is 0 Å². The largest absolute Gasteiger partial charge is 0.344 e. The number of likely N-dealkylation sites (tertiary alicyclic amines) is 1. The molecule has 1 aromatic rings. The first-order valence-corrected chi connectivity index (χ1v) is 8.04. The van der Waals surface area contributed by atoms with Gasteiger partial charge >= 0.3 is 11.8 Å². The fraction of sp³-hybridized carbons (Fsp3) is 0.529. The third-order valence-electron chi connectivity index (χ3n) is 4.18. The number of rotatable bonds is 4. The number of carbonyl (C=O) groups is 2. The molecule has 1 unspecified atom stereocenters. The second-order valence-electron chi connectivity index (χ2n) is 6.07. The highest BCUT2D eigenvalue weighted by molar-refractivity contribution is 6.40. The molecule has 0 aliphatic carbocycles. The number of benzene rings is 1. The zero-order valence-corrected chi connectivity index (χ0v) is 13.9. The van der Waals surface area contributed by atoms with Crippen LogP contribution in [0.1, 0.15) is 27.2 Å². The van der Waals surface area contributed by atoms with Gasteiger partial charge in [-0.1, -0.05) is 0 Å². The van der Waals surface area contributed by atoms with E-state index in [1.54, 1.807) is 6.92 Å². The topological polar surface area (TPSA) is 52.7 Å². The molecule has 2 amide bonds. The van der Waals surface area contributed by atoms with E-state index in [0.717, 1.165) is 19.5 Å². The maximum atomic E-state index is 13.0. The Hall–Kier alpha value is -1.95. The average molecular weight is 321 g/mol. The van der Waals surface area contributed by atoms with Crippen LogP contribution in [0.4, 0.5) is 10.1 Å². The van der Waals surface area contributed by atoms with Crippen LogP contribution < -0.4 is 10.2 Å². The molecular formula is C17H24FN3O2. The number of amides is 2. The van der Waals surface area contributed by atoms with Crippen molar-refractivity contribution in [3.63, 3.8) is 0 Å². The summed E-state index contributed by atoms with van der Waals surface area (Å²) < 4.78 is 13.0. The van der Waals surface area contributed by atoms with E-state index >= 15 is 0 Å². The van der Waals surface area contributed by atoms with Gasteiger partial charge in [-0.25, -0.2) is 4.39 Å². The van der Waals surface area contributed by atoms with Crippen molar-refractivity contribution in [1.82, 2.24) is 10.2 Å². The van der Waals surface area contributed by atoms with Crippen molar-refractivity contribution < 1.29 is 14.0 Å². The highest BCUT2D eigenvalue weighted by Crippen LogP contribution is 2.16. The molecule has 6 heteroatoms. The van der Waals surface area contributed by atoms with Crippen LogP contribution in [0.5, 0.6) is 0 Å². The summed E-state index contributed by atoms with van der Waals surface area (Å²) >= 11 is 0. The van der Waals surface area contributed by atoms with Gasteiger partial charge in [0.25, 0.3) is 0 Å². The summed E-state index contributed by atoms with van der Waals surface area (Å²) in [6.45, 7) is 8.04. The number of halogens is 1. The van der Waals surface area contributed by atoms with E-state index in [2.05, 4.69) is 24.1 Å². The summed E-state index contributed by atoms with van der Waals surface area (Å²) in [6.07, 6.45) is 0.847. The summed E-state index contributed by atoms with van der Waals surface area (Å²) in [4.78, 5) is 28.2. The Bertz CT molecular complexity index is 559. The molecule has 1 aliphatic heterocycles. The normalized spacial score (nSPS) is 18.2. The molecular weight excluding hydrogens is 297 g/mol. The second kappa shape index (κ2) is 7.55. The standard InChI is InChI=1S/C17H24FN3O2/c1-4-21(15-7-5-13(18)6-8-15)17(23)16(22)19-14-9-10-20(11-14)12(2)3/h5-8,12,14H,4,9-11H2,1-3H3,(H,19,22). The van der Waals surface area contributed by atoms with Crippen LogP contribution in [-0.4, -0.2) is 48.4 Å². The van der Waals surface area contributed by atoms with Crippen LogP contribution in [0, 0.1) is 5.82 Å². The smallest absolute Gasteiger partial charge is 0.316 e. The molecule has 0 radical (unpaired) electrons. The van der Waals surface area contributed by atoms with E-state index in [4.69, 9.17) is 0 Å². The molecule has 126 valence electrons. The molecule has 2 rings (SSSR count). The minimum atomic E-state index is -0.609. The minimum absolute atomic E-state index is 0.000717. The van der Waals surface area contributed by atoms with E-state index in [1.165, 1.54) is 29.2 Å². The molecule has 1 atom stereocenters. The Morgan fingerprint density at radius 3 is 2.52 bits per heavy atom. The van der Waals surface area contributed by atoms with E-state index in [-0.39, 0.29) is 11.9 Å². The summed E-state index contributed by atoms with van der Waals surface area (Å²) in [5.74, 6) is -1.59. The maximum Gasteiger partial charge on any atom is 0.316 e. The lowest BCUT2D eigenvalue weighted by Crippen LogP contribution is -2.47. The van der Waals surface area contributed by atoms with E-state index < -0.39 is 11.8 Å². The molecule has 0 bridgehead atoms. The summed E-state index contributed by atoms with van der Waals surface area (Å²) in [6, 6.07) is 5.99. The van der Waals surface area contributed by atoms with Crippen molar-refractivity contribution in [2.24, 2.45) is 0 Å². The lowest BCUT2D eigenvalue weighted by Gasteiger charge is -2.22. The first-order valence-electron chi connectivity index (χ1n) is 8.04.